The summed E-state index contributed by atoms with van der Waals surface area (Å²) in [6, 6.07) is 31.9. The van der Waals surface area contributed by atoms with Crippen molar-refractivity contribution >= 4 is 21.1 Å². The fourth-order valence-electron chi connectivity index (χ4n) is 6.42. The van der Waals surface area contributed by atoms with Crippen LogP contribution < -0.4 is 5.32 Å². The van der Waals surface area contributed by atoms with Crippen molar-refractivity contribution in [2.75, 3.05) is 0 Å². The van der Waals surface area contributed by atoms with Gasteiger partial charge in [0, 0.05) is 37.7 Å². The van der Waals surface area contributed by atoms with Crippen LogP contribution in [0.15, 0.2) is 114 Å². The normalized spacial score (nSPS) is 15.0. The molecule has 9 heteroatoms. The summed E-state index contributed by atoms with van der Waals surface area (Å²) in [6.45, 7) is 4.47. The molecule has 0 spiro atoms. The third kappa shape index (κ3) is 6.39. The number of nitrogens with zero attached hydrogens (tertiary/aromatic N) is 4. The van der Waals surface area contributed by atoms with Crippen molar-refractivity contribution in [3.05, 3.63) is 149 Å². The molecule has 46 heavy (non-hydrogen) atoms. The molecule has 3 heterocycles. The van der Waals surface area contributed by atoms with Crippen LogP contribution in [0, 0.1) is 6.92 Å². The summed E-state index contributed by atoms with van der Waals surface area (Å²) in [5, 5.41) is 3.43. The summed E-state index contributed by atoms with van der Waals surface area (Å²) in [5.74, 6) is 0.958. The van der Waals surface area contributed by atoms with Crippen molar-refractivity contribution in [2.45, 2.75) is 63.3 Å². The highest BCUT2D eigenvalue weighted by Crippen LogP contribution is 2.34. The molecule has 6 aromatic rings. The minimum atomic E-state index is -3.65. The van der Waals surface area contributed by atoms with Gasteiger partial charge in [0.2, 0.25) is 0 Å². The quantitative estimate of drug-likeness (QED) is 0.166. The molecule has 1 aliphatic carbocycles. The number of aromatic amines is 1. The highest BCUT2D eigenvalue weighted by atomic mass is 32.2. The lowest BCUT2D eigenvalue weighted by Gasteiger charge is -2.34. The van der Waals surface area contributed by atoms with Crippen LogP contribution in [0.5, 0.6) is 0 Å². The molecule has 0 fully saturated rings. The van der Waals surface area contributed by atoms with Crippen LogP contribution >= 0.6 is 0 Å². The number of H-pyrrole nitrogens is 1. The van der Waals surface area contributed by atoms with Gasteiger partial charge in [0.15, 0.2) is 0 Å². The van der Waals surface area contributed by atoms with Gasteiger partial charge in [0.25, 0.3) is 10.0 Å². The first-order valence-electron chi connectivity index (χ1n) is 15.8. The van der Waals surface area contributed by atoms with Gasteiger partial charge in [-0.05, 0) is 85.3 Å². The molecule has 3 aromatic heterocycles. The first kappa shape index (κ1) is 30.1. The van der Waals surface area contributed by atoms with Gasteiger partial charge in [-0.2, -0.15) is 0 Å². The van der Waals surface area contributed by atoms with E-state index in [0.717, 1.165) is 53.8 Å². The maximum Gasteiger partial charge on any atom is 0.267 e. The molecule has 1 unspecified atom stereocenters. The summed E-state index contributed by atoms with van der Waals surface area (Å²) in [4.78, 5) is 16.0. The molecular formula is C37H38N6O2S. The van der Waals surface area contributed by atoms with E-state index < -0.39 is 10.0 Å². The Morgan fingerprint density at radius 3 is 2.52 bits per heavy atom. The summed E-state index contributed by atoms with van der Waals surface area (Å²) in [7, 11) is -3.65. The highest BCUT2D eigenvalue weighted by Gasteiger charge is 2.28. The Hall–Kier alpha value is -4.57. The summed E-state index contributed by atoms with van der Waals surface area (Å²) >= 11 is 0. The van der Waals surface area contributed by atoms with Crippen LogP contribution in [0.2, 0.25) is 0 Å². The van der Waals surface area contributed by atoms with Gasteiger partial charge in [0.05, 0.1) is 34.2 Å². The predicted molar refractivity (Wildman–Crippen MR) is 180 cm³/mol. The molecule has 2 N–H and O–H groups in total. The molecule has 0 aliphatic heterocycles. The van der Waals surface area contributed by atoms with E-state index in [1.165, 1.54) is 20.8 Å². The second-order valence-corrected chi connectivity index (χ2v) is 13.9. The third-order valence-corrected chi connectivity index (χ3v) is 10.6. The molecule has 3 aromatic carbocycles. The van der Waals surface area contributed by atoms with Crippen LogP contribution in [0.4, 0.5) is 0 Å². The minimum absolute atomic E-state index is 0.215. The molecule has 1 atom stereocenters. The Morgan fingerprint density at radius 2 is 1.70 bits per heavy atom. The van der Waals surface area contributed by atoms with E-state index in [-0.39, 0.29) is 10.9 Å². The van der Waals surface area contributed by atoms with E-state index in [0.29, 0.717) is 25.3 Å². The van der Waals surface area contributed by atoms with Crippen LogP contribution in [0.25, 0.3) is 11.0 Å². The Balaban J connectivity index is 1.04. The van der Waals surface area contributed by atoms with E-state index in [4.69, 9.17) is 9.97 Å². The lowest BCUT2D eigenvalue weighted by atomic mass is 9.90. The van der Waals surface area contributed by atoms with Crippen molar-refractivity contribution in [3.8, 4) is 0 Å². The van der Waals surface area contributed by atoms with Gasteiger partial charge in [-0.1, -0.05) is 60.2 Å². The van der Waals surface area contributed by atoms with E-state index >= 15 is 0 Å². The zero-order valence-corrected chi connectivity index (χ0v) is 26.7. The topological polar surface area (TPSA) is 95.9 Å². The Bertz CT molecular complexity index is 2020. The fraction of sp³-hybridized carbons (Fsp3) is 0.243. The smallest absolute Gasteiger partial charge is 0.267 e. The maximum atomic E-state index is 13.3. The zero-order valence-electron chi connectivity index (χ0n) is 25.9. The first-order chi connectivity index (χ1) is 22.4. The van der Waals surface area contributed by atoms with E-state index in [2.05, 4.69) is 51.6 Å². The van der Waals surface area contributed by atoms with Gasteiger partial charge >= 0.3 is 0 Å². The third-order valence-electron chi connectivity index (χ3n) is 8.81. The number of hydrogen-bond acceptors (Lipinski definition) is 6. The number of imidazole rings is 1. The molecule has 0 bridgehead atoms. The van der Waals surface area contributed by atoms with Gasteiger partial charge in [-0.3, -0.25) is 9.88 Å². The van der Waals surface area contributed by atoms with E-state index in [9.17, 15) is 8.42 Å². The van der Waals surface area contributed by atoms with Crippen molar-refractivity contribution in [1.29, 1.82) is 0 Å². The molecule has 8 nitrogen and oxygen atoms in total. The number of para-hydroxylation sites is 2. The number of aromatic nitrogens is 4. The van der Waals surface area contributed by atoms with Gasteiger partial charge in [-0.15, -0.1) is 0 Å². The Morgan fingerprint density at radius 1 is 0.891 bits per heavy atom. The summed E-state index contributed by atoms with van der Waals surface area (Å²) < 4.78 is 27.9. The van der Waals surface area contributed by atoms with Crippen LogP contribution in [0.3, 0.4) is 0 Å². The Labute approximate surface area is 270 Å². The number of fused-ring (bicyclic) bond motifs is 2. The number of aryl methyl sites for hydroxylation is 2. The maximum absolute atomic E-state index is 13.3. The zero-order chi connectivity index (χ0) is 31.5. The average molecular weight is 631 g/mol. The number of benzene rings is 3. The molecule has 1 aliphatic rings. The van der Waals surface area contributed by atoms with Crippen molar-refractivity contribution in [1.82, 2.24) is 29.1 Å². The average Bonchev–Trinajstić information content (AvgIpc) is 3.72. The number of rotatable bonds is 11. The molecule has 7 rings (SSSR count). The molecule has 0 saturated heterocycles. The van der Waals surface area contributed by atoms with Gasteiger partial charge < -0.3 is 10.3 Å². The molecule has 234 valence electrons. The molecule has 0 amide bonds. The second-order valence-electron chi connectivity index (χ2n) is 12.1. The predicted octanol–water partition coefficient (Wildman–Crippen LogP) is 6.67. The Kier molecular flexibility index (Phi) is 8.53. The van der Waals surface area contributed by atoms with Crippen molar-refractivity contribution in [2.24, 2.45) is 0 Å². The van der Waals surface area contributed by atoms with E-state index in [1.54, 1.807) is 24.4 Å². The minimum Gasteiger partial charge on any atom is -0.341 e. The van der Waals surface area contributed by atoms with Crippen LogP contribution in [-0.4, -0.2) is 32.2 Å². The van der Waals surface area contributed by atoms with Gasteiger partial charge in [-0.25, -0.2) is 17.4 Å². The molecule has 0 saturated carbocycles. The van der Waals surface area contributed by atoms with Gasteiger partial charge in [0.1, 0.15) is 5.82 Å². The van der Waals surface area contributed by atoms with Crippen LogP contribution in [-0.2, 0) is 42.6 Å². The highest BCUT2D eigenvalue weighted by molar-refractivity contribution is 7.90. The first-order valence-corrected chi connectivity index (χ1v) is 17.3. The van der Waals surface area contributed by atoms with Crippen molar-refractivity contribution in [3.63, 3.8) is 0 Å². The monoisotopic (exact) mass is 630 g/mol. The van der Waals surface area contributed by atoms with Crippen LogP contribution in [0.1, 0.15) is 58.3 Å². The summed E-state index contributed by atoms with van der Waals surface area (Å²) in [6.07, 6.45) is 6.79. The molecule has 0 radical (unpaired) electrons. The number of pyridine rings is 1. The van der Waals surface area contributed by atoms with Crippen molar-refractivity contribution < 1.29 is 8.42 Å². The second kappa shape index (κ2) is 13.0. The standard InChI is InChI=1S/C37H38N6O2S/c1-27-13-19-32(20-14-27)46(44,45)43-22-6-9-31(43)24-38-23-28-15-17-29(18-16-28)25-42(26-36-40-33-10-2-3-11-34(33)41-36)35-12-4-7-30-8-5-21-39-37(30)35/h2-3,5-6,8-11,13-22,35,38H,4,7,12,23-26H2,1H3,(H,40,41). The number of hydrogen-bond donors (Lipinski definition) is 2. The van der Waals surface area contributed by atoms with E-state index in [1.807, 2.05) is 55.6 Å². The largest absolute Gasteiger partial charge is 0.341 e. The molecular weight excluding hydrogens is 593 g/mol. The number of nitrogens with one attached hydrogen (secondary N) is 2. The summed E-state index contributed by atoms with van der Waals surface area (Å²) in [5.41, 5.74) is 8.63. The fourth-order valence-corrected chi connectivity index (χ4v) is 7.79. The SMILES string of the molecule is Cc1ccc(S(=O)(=O)n2cccc2CNCc2ccc(CN(Cc3nc4ccccc4[nH]3)C3CCCc4cccnc43)cc2)cc1. The lowest BCUT2D eigenvalue weighted by molar-refractivity contribution is 0.153. The lowest BCUT2D eigenvalue weighted by Crippen LogP contribution is -2.31.